The van der Waals surface area contributed by atoms with Crippen molar-refractivity contribution < 1.29 is 9.53 Å². The molecule has 4 rings (SSSR count). The Balaban J connectivity index is 1.31. The highest BCUT2D eigenvalue weighted by molar-refractivity contribution is 5.89. The smallest absolute Gasteiger partial charge is 0.321 e. The van der Waals surface area contributed by atoms with Gasteiger partial charge in [-0.25, -0.2) is 4.79 Å². The van der Waals surface area contributed by atoms with E-state index in [0.717, 1.165) is 76.5 Å². The molecule has 2 aromatic carbocycles. The quantitative estimate of drug-likeness (QED) is 0.713. The number of carbonyl (C=O) groups is 1. The Hall–Kier alpha value is -2.57. The van der Waals surface area contributed by atoms with Crippen LogP contribution in [-0.4, -0.2) is 80.7 Å². The molecule has 2 aliphatic rings. The van der Waals surface area contributed by atoms with Crippen molar-refractivity contribution in [3.05, 3.63) is 59.7 Å². The maximum atomic E-state index is 13.0. The van der Waals surface area contributed by atoms with Crippen LogP contribution in [-0.2, 0) is 6.42 Å². The number of carbonyl (C=O) groups excluding carboxylic acids is 1. The van der Waals surface area contributed by atoms with E-state index in [1.165, 1.54) is 17.5 Å². The van der Waals surface area contributed by atoms with E-state index in [2.05, 4.69) is 58.6 Å². The molecule has 0 radical (unpaired) electrons. The second-order valence-corrected chi connectivity index (χ2v) is 9.38. The van der Waals surface area contributed by atoms with Crippen molar-refractivity contribution in [1.82, 2.24) is 14.7 Å². The average molecular weight is 451 g/mol. The molecule has 2 heterocycles. The van der Waals surface area contributed by atoms with Gasteiger partial charge in [-0.1, -0.05) is 30.3 Å². The molecule has 1 N–H and O–H groups in total. The number of ether oxygens (including phenoxy) is 1. The van der Waals surface area contributed by atoms with E-state index in [1.807, 2.05) is 17.0 Å². The van der Waals surface area contributed by atoms with Crippen LogP contribution in [0.3, 0.4) is 0 Å². The Morgan fingerprint density at radius 2 is 1.79 bits per heavy atom. The van der Waals surface area contributed by atoms with Crippen molar-refractivity contribution in [3.63, 3.8) is 0 Å². The molecule has 2 amide bonds. The summed E-state index contributed by atoms with van der Waals surface area (Å²) < 4.78 is 5.67. The monoisotopic (exact) mass is 450 g/mol. The molecule has 2 aliphatic heterocycles. The summed E-state index contributed by atoms with van der Waals surface area (Å²) in [7, 11) is 3.93. The molecule has 0 aromatic heterocycles. The van der Waals surface area contributed by atoms with Gasteiger partial charge in [-0.3, -0.25) is 4.90 Å². The first-order valence-electron chi connectivity index (χ1n) is 12.3. The molecular weight excluding hydrogens is 412 g/mol. The molecule has 2 saturated heterocycles. The van der Waals surface area contributed by atoms with Gasteiger partial charge in [-0.15, -0.1) is 0 Å². The van der Waals surface area contributed by atoms with Crippen LogP contribution in [0.4, 0.5) is 10.5 Å². The minimum atomic E-state index is -0.00516. The standard InChI is InChI=1S/C27H38N4O2/c1-29-14-6-9-23(13-15-29)25-21-24(10-11-26(25)33-2)28-27(32)31-19-17-30(18-20-31)16-12-22-7-4-3-5-8-22/h3-5,7-8,10-11,21,23H,6,9,12-20H2,1-2H3,(H,28,32). The second kappa shape index (κ2) is 11.5. The summed E-state index contributed by atoms with van der Waals surface area (Å²) in [4.78, 5) is 19.7. The van der Waals surface area contributed by atoms with E-state index in [0.29, 0.717) is 5.92 Å². The maximum Gasteiger partial charge on any atom is 0.321 e. The van der Waals surface area contributed by atoms with Crippen molar-refractivity contribution in [2.24, 2.45) is 0 Å². The lowest BCUT2D eigenvalue weighted by atomic mass is 9.91. The number of rotatable bonds is 6. The molecule has 6 heteroatoms. The average Bonchev–Trinajstić information content (AvgIpc) is 3.08. The number of urea groups is 1. The number of hydrogen-bond donors (Lipinski definition) is 1. The van der Waals surface area contributed by atoms with Gasteiger partial charge in [0.15, 0.2) is 0 Å². The van der Waals surface area contributed by atoms with Crippen molar-refractivity contribution in [3.8, 4) is 5.75 Å². The number of methoxy groups -OCH3 is 1. The Morgan fingerprint density at radius 3 is 2.55 bits per heavy atom. The molecule has 178 valence electrons. The van der Waals surface area contributed by atoms with Gasteiger partial charge in [0, 0.05) is 38.4 Å². The number of amides is 2. The molecule has 0 spiro atoms. The zero-order chi connectivity index (χ0) is 23.0. The molecule has 0 aliphatic carbocycles. The minimum absolute atomic E-state index is 0.00516. The summed E-state index contributed by atoms with van der Waals surface area (Å²) in [5.74, 6) is 1.39. The molecule has 1 unspecified atom stereocenters. The predicted octanol–water partition coefficient (Wildman–Crippen LogP) is 4.29. The van der Waals surface area contributed by atoms with E-state index in [9.17, 15) is 4.79 Å². The molecular formula is C27H38N4O2. The molecule has 2 fully saturated rings. The molecule has 33 heavy (non-hydrogen) atoms. The van der Waals surface area contributed by atoms with Crippen molar-refractivity contribution >= 4 is 11.7 Å². The van der Waals surface area contributed by atoms with E-state index >= 15 is 0 Å². The highest BCUT2D eigenvalue weighted by Crippen LogP contribution is 2.36. The SMILES string of the molecule is COc1ccc(NC(=O)N2CCN(CCc3ccccc3)CC2)cc1C1CCCN(C)CC1. The predicted molar refractivity (Wildman–Crippen MR) is 134 cm³/mol. The number of piperazine rings is 1. The van der Waals surface area contributed by atoms with Crippen LogP contribution in [0.1, 0.15) is 36.3 Å². The van der Waals surface area contributed by atoms with Crippen molar-refractivity contribution in [1.29, 1.82) is 0 Å². The summed E-state index contributed by atoms with van der Waals surface area (Å²) in [5.41, 5.74) is 3.45. The van der Waals surface area contributed by atoms with Crippen LogP contribution >= 0.6 is 0 Å². The largest absolute Gasteiger partial charge is 0.496 e. The first kappa shape index (κ1) is 23.6. The Morgan fingerprint density at radius 1 is 1.00 bits per heavy atom. The van der Waals surface area contributed by atoms with Crippen molar-refractivity contribution in [2.75, 3.05) is 65.3 Å². The lowest BCUT2D eigenvalue weighted by Crippen LogP contribution is -2.50. The fourth-order valence-corrected chi connectivity index (χ4v) is 4.99. The summed E-state index contributed by atoms with van der Waals surface area (Å²) in [5, 5.41) is 3.14. The minimum Gasteiger partial charge on any atom is -0.496 e. The van der Waals surface area contributed by atoms with Crippen LogP contribution in [0.25, 0.3) is 0 Å². The maximum absolute atomic E-state index is 13.0. The number of nitrogens with one attached hydrogen (secondary N) is 1. The van der Waals surface area contributed by atoms with Gasteiger partial charge in [-0.05, 0) is 81.1 Å². The molecule has 1 atom stereocenters. The summed E-state index contributed by atoms with van der Waals surface area (Å²) in [6.07, 6.45) is 4.52. The molecule has 6 nitrogen and oxygen atoms in total. The third-order valence-electron chi connectivity index (χ3n) is 7.09. The summed E-state index contributed by atoms with van der Waals surface area (Å²) >= 11 is 0. The van der Waals surface area contributed by atoms with E-state index in [4.69, 9.17) is 4.74 Å². The number of anilines is 1. The normalized spacial score (nSPS) is 20.3. The third kappa shape index (κ3) is 6.49. The lowest BCUT2D eigenvalue weighted by Gasteiger charge is -2.34. The molecule has 0 saturated carbocycles. The zero-order valence-corrected chi connectivity index (χ0v) is 20.1. The van der Waals surface area contributed by atoms with Gasteiger partial charge >= 0.3 is 6.03 Å². The third-order valence-corrected chi connectivity index (χ3v) is 7.09. The van der Waals surface area contributed by atoms with Crippen LogP contribution in [0.2, 0.25) is 0 Å². The number of hydrogen-bond acceptors (Lipinski definition) is 4. The zero-order valence-electron chi connectivity index (χ0n) is 20.1. The Kier molecular flexibility index (Phi) is 8.24. The van der Waals surface area contributed by atoms with Gasteiger partial charge in [-0.2, -0.15) is 0 Å². The number of likely N-dealkylation sites (tertiary alicyclic amines) is 1. The fourth-order valence-electron chi connectivity index (χ4n) is 4.99. The fraction of sp³-hybridized carbons (Fsp3) is 0.519. The highest BCUT2D eigenvalue weighted by Gasteiger charge is 2.23. The van der Waals surface area contributed by atoms with Gasteiger partial charge in [0.2, 0.25) is 0 Å². The van der Waals surface area contributed by atoms with Crippen LogP contribution in [0, 0.1) is 0 Å². The van der Waals surface area contributed by atoms with Gasteiger partial charge < -0.3 is 19.9 Å². The number of benzene rings is 2. The molecule has 0 bridgehead atoms. The topological polar surface area (TPSA) is 48.1 Å². The first-order valence-corrected chi connectivity index (χ1v) is 12.3. The van der Waals surface area contributed by atoms with Crippen LogP contribution in [0.5, 0.6) is 5.75 Å². The first-order chi connectivity index (χ1) is 16.1. The van der Waals surface area contributed by atoms with Crippen LogP contribution in [0.15, 0.2) is 48.5 Å². The number of nitrogens with zero attached hydrogens (tertiary/aromatic N) is 3. The van der Waals surface area contributed by atoms with Crippen molar-refractivity contribution in [2.45, 2.75) is 31.6 Å². The Bertz CT molecular complexity index is 896. The summed E-state index contributed by atoms with van der Waals surface area (Å²) in [6, 6.07) is 16.7. The van der Waals surface area contributed by atoms with E-state index in [-0.39, 0.29) is 6.03 Å². The second-order valence-electron chi connectivity index (χ2n) is 9.38. The summed E-state index contributed by atoms with van der Waals surface area (Å²) in [6.45, 7) is 6.65. The van der Waals surface area contributed by atoms with Crippen LogP contribution < -0.4 is 10.1 Å². The lowest BCUT2D eigenvalue weighted by molar-refractivity contribution is 0.148. The van der Waals surface area contributed by atoms with E-state index in [1.54, 1.807) is 7.11 Å². The molecule has 2 aromatic rings. The van der Waals surface area contributed by atoms with Gasteiger partial charge in [0.05, 0.1) is 7.11 Å². The van der Waals surface area contributed by atoms with Gasteiger partial charge in [0.1, 0.15) is 5.75 Å². The highest BCUT2D eigenvalue weighted by atomic mass is 16.5. The van der Waals surface area contributed by atoms with Gasteiger partial charge in [0.25, 0.3) is 0 Å². The Labute approximate surface area is 198 Å². The van der Waals surface area contributed by atoms with E-state index < -0.39 is 0 Å².